The number of anilines is 2. The molecule has 0 fully saturated rings. The van der Waals surface area contributed by atoms with Crippen LogP contribution in [0.3, 0.4) is 0 Å². The van der Waals surface area contributed by atoms with Gasteiger partial charge < -0.3 is 15.8 Å². The fourth-order valence-electron chi connectivity index (χ4n) is 1.79. The highest BCUT2D eigenvalue weighted by molar-refractivity contribution is 6.04. The van der Waals surface area contributed by atoms with Gasteiger partial charge in [-0.15, -0.1) is 0 Å². The molecule has 0 saturated carbocycles. The highest BCUT2D eigenvalue weighted by Crippen LogP contribution is 2.18. The Hall–Kier alpha value is -2.49. The molecule has 0 aliphatic carbocycles. The van der Waals surface area contributed by atoms with E-state index in [0.29, 0.717) is 17.9 Å². The molecule has 0 aromatic heterocycles. The van der Waals surface area contributed by atoms with E-state index in [1.165, 1.54) is 0 Å². The van der Waals surface area contributed by atoms with Gasteiger partial charge in [0.25, 0.3) is 5.91 Å². The zero-order valence-electron chi connectivity index (χ0n) is 11.6. The van der Waals surface area contributed by atoms with Crippen molar-refractivity contribution in [2.24, 2.45) is 0 Å². The van der Waals surface area contributed by atoms with Gasteiger partial charge in [0.05, 0.1) is 6.61 Å². The molecule has 4 heteroatoms. The molecule has 0 saturated heterocycles. The van der Waals surface area contributed by atoms with Crippen LogP contribution in [-0.2, 0) is 0 Å². The van der Waals surface area contributed by atoms with Crippen LogP contribution in [0, 0.1) is 6.92 Å². The second-order valence-electron chi connectivity index (χ2n) is 4.48. The molecule has 3 N–H and O–H groups in total. The van der Waals surface area contributed by atoms with Crippen molar-refractivity contribution in [3.63, 3.8) is 0 Å². The first-order chi connectivity index (χ1) is 9.60. The van der Waals surface area contributed by atoms with Gasteiger partial charge in [-0.1, -0.05) is 6.07 Å². The van der Waals surface area contributed by atoms with Crippen molar-refractivity contribution in [1.29, 1.82) is 0 Å². The lowest BCUT2D eigenvalue weighted by atomic mass is 10.1. The highest BCUT2D eigenvalue weighted by atomic mass is 16.5. The van der Waals surface area contributed by atoms with Crippen molar-refractivity contribution in [3.05, 3.63) is 53.6 Å². The summed E-state index contributed by atoms with van der Waals surface area (Å²) in [6.45, 7) is 4.45. The molecule has 0 unspecified atom stereocenters. The lowest BCUT2D eigenvalue weighted by Crippen LogP contribution is -2.12. The van der Waals surface area contributed by atoms with Crippen LogP contribution in [0.5, 0.6) is 5.75 Å². The molecule has 0 bridgehead atoms. The SMILES string of the molecule is CCOc1ccc(NC(=O)c2ccc(C)c(N)c2)cc1. The minimum absolute atomic E-state index is 0.180. The van der Waals surface area contributed by atoms with E-state index >= 15 is 0 Å². The number of hydrogen-bond donors (Lipinski definition) is 2. The van der Waals surface area contributed by atoms with Crippen molar-refractivity contribution < 1.29 is 9.53 Å². The van der Waals surface area contributed by atoms with Crippen LogP contribution < -0.4 is 15.8 Å². The average Bonchev–Trinajstić information content (AvgIpc) is 2.44. The first-order valence-electron chi connectivity index (χ1n) is 6.50. The Labute approximate surface area is 118 Å². The zero-order chi connectivity index (χ0) is 14.5. The summed E-state index contributed by atoms with van der Waals surface area (Å²) in [7, 11) is 0. The standard InChI is InChI=1S/C16H18N2O2/c1-3-20-14-8-6-13(7-9-14)18-16(19)12-5-4-11(2)15(17)10-12/h4-10H,3,17H2,1-2H3,(H,18,19). The maximum absolute atomic E-state index is 12.1. The number of aryl methyl sites for hydroxylation is 1. The molecule has 2 aromatic carbocycles. The third-order valence-corrected chi connectivity index (χ3v) is 2.96. The Morgan fingerprint density at radius 1 is 1.20 bits per heavy atom. The molecule has 0 spiro atoms. The van der Waals surface area contributed by atoms with Crippen LogP contribution in [0.1, 0.15) is 22.8 Å². The Balaban J connectivity index is 2.08. The van der Waals surface area contributed by atoms with Gasteiger partial charge >= 0.3 is 0 Å². The number of nitrogens with one attached hydrogen (secondary N) is 1. The van der Waals surface area contributed by atoms with Gasteiger partial charge in [0, 0.05) is 16.9 Å². The maximum atomic E-state index is 12.1. The Kier molecular flexibility index (Phi) is 4.25. The molecule has 0 aliphatic heterocycles. The Morgan fingerprint density at radius 3 is 2.50 bits per heavy atom. The van der Waals surface area contributed by atoms with E-state index in [4.69, 9.17) is 10.5 Å². The summed E-state index contributed by atoms with van der Waals surface area (Å²) in [5.41, 5.74) is 8.65. The van der Waals surface area contributed by atoms with Crippen molar-refractivity contribution in [2.45, 2.75) is 13.8 Å². The molecule has 20 heavy (non-hydrogen) atoms. The molecule has 4 nitrogen and oxygen atoms in total. The monoisotopic (exact) mass is 270 g/mol. The number of nitrogen functional groups attached to an aromatic ring is 1. The van der Waals surface area contributed by atoms with Crippen molar-refractivity contribution >= 4 is 17.3 Å². The maximum Gasteiger partial charge on any atom is 0.255 e. The number of amides is 1. The van der Waals surface area contributed by atoms with Gasteiger partial charge in [-0.2, -0.15) is 0 Å². The number of hydrogen-bond acceptors (Lipinski definition) is 3. The van der Waals surface area contributed by atoms with Crippen molar-refractivity contribution in [1.82, 2.24) is 0 Å². The van der Waals surface area contributed by atoms with Crippen LogP contribution in [0.2, 0.25) is 0 Å². The minimum Gasteiger partial charge on any atom is -0.494 e. The highest BCUT2D eigenvalue weighted by Gasteiger charge is 2.07. The fourth-order valence-corrected chi connectivity index (χ4v) is 1.79. The molecular weight excluding hydrogens is 252 g/mol. The lowest BCUT2D eigenvalue weighted by molar-refractivity contribution is 0.102. The van der Waals surface area contributed by atoms with E-state index in [1.54, 1.807) is 24.3 Å². The smallest absolute Gasteiger partial charge is 0.255 e. The summed E-state index contributed by atoms with van der Waals surface area (Å²) in [4.78, 5) is 12.1. The van der Waals surface area contributed by atoms with Crippen LogP contribution in [0.15, 0.2) is 42.5 Å². The van der Waals surface area contributed by atoms with E-state index in [0.717, 1.165) is 17.0 Å². The quantitative estimate of drug-likeness (QED) is 0.838. The topological polar surface area (TPSA) is 64.3 Å². The third-order valence-electron chi connectivity index (χ3n) is 2.96. The van der Waals surface area contributed by atoms with E-state index in [-0.39, 0.29) is 5.91 Å². The zero-order valence-corrected chi connectivity index (χ0v) is 11.6. The molecule has 0 atom stereocenters. The molecular formula is C16H18N2O2. The number of benzene rings is 2. The molecule has 2 rings (SSSR count). The second kappa shape index (κ2) is 6.10. The Morgan fingerprint density at radius 2 is 1.90 bits per heavy atom. The first-order valence-corrected chi connectivity index (χ1v) is 6.50. The normalized spacial score (nSPS) is 10.1. The molecule has 0 radical (unpaired) electrons. The lowest BCUT2D eigenvalue weighted by Gasteiger charge is -2.08. The minimum atomic E-state index is -0.180. The summed E-state index contributed by atoms with van der Waals surface area (Å²) in [6.07, 6.45) is 0. The summed E-state index contributed by atoms with van der Waals surface area (Å²) in [5.74, 6) is 0.603. The number of carbonyl (C=O) groups excluding carboxylic acids is 1. The largest absolute Gasteiger partial charge is 0.494 e. The van der Waals surface area contributed by atoms with Gasteiger partial charge in [0.1, 0.15) is 5.75 Å². The Bertz CT molecular complexity index is 606. The molecule has 0 heterocycles. The number of ether oxygens (including phenoxy) is 1. The number of nitrogens with two attached hydrogens (primary N) is 1. The molecule has 104 valence electrons. The second-order valence-corrected chi connectivity index (χ2v) is 4.48. The van der Waals surface area contributed by atoms with E-state index in [1.807, 2.05) is 32.0 Å². The van der Waals surface area contributed by atoms with Crippen LogP contribution in [0.4, 0.5) is 11.4 Å². The van der Waals surface area contributed by atoms with Gasteiger partial charge in [-0.3, -0.25) is 4.79 Å². The van der Waals surface area contributed by atoms with Gasteiger partial charge in [0.2, 0.25) is 0 Å². The van der Waals surface area contributed by atoms with Gasteiger partial charge in [-0.25, -0.2) is 0 Å². The summed E-state index contributed by atoms with van der Waals surface area (Å²) in [5, 5.41) is 2.82. The van der Waals surface area contributed by atoms with Gasteiger partial charge in [-0.05, 0) is 55.8 Å². The van der Waals surface area contributed by atoms with Crippen LogP contribution in [-0.4, -0.2) is 12.5 Å². The number of rotatable bonds is 4. The van der Waals surface area contributed by atoms with Crippen LogP contribution >= 0.6 is 0 Å². The summed E-state index contributed by atoms with van der Waals surface area (Å²) < 4.78 is 5.35. The molecule has 2 aromatic rings. The van der Waals surface area contributed by atoms with Crippen LogP contribution in [0.25, 0.3) is 0 Å². The van der Waals surface area contributed by atoms with E-state index in [2.05, 4.69) is 5.32 Å². The van der Waals surface area contributed by atoms with Gasteiger partial charge in [0.15, 0.2) is 0 Å². The first kappa shape index (κ1) is 13.9. The van der Waals surface area contributed by atoms with Crippen molar-refractivity contribution in [2.75, 3.05) is 17.7 Å². The van der Waals surface area contributed by atoms with E-state index in [9.17, 15) is 4.79 Å². The summed E-state index contributed by atoms with van der Waals surface area (Å²) in [6, 6.07) is 12.5. The third kappa shape index (κ3) is 3.29. The summed E-state index contributed by atoms with van der Waals surface area (Å²) >= 11 is 0. The van der Waals surface area contributed by atoms with Crippen molar-refractivity contribution in [3.8, 4) is 5.75 Å². The predicted molar refractivity (Wildman–Crippen MR) is 81.2 cm³/mol. The fraction of sp³-hybridized carbons (Fsp3) is 0.188. The predicted octanol–water partition coefficient (Wildman–Crippen LogP) is 3.23. The molecule has 0 aliphatic rings. The average molecular weight is 270 g/mol. The van der Waals surface area contributed by atoms with E-state index < -0.39 is 0 Å². The molecule has 1 amide bonds. The number of carbonyl (C=O) groups is 1.